The number of aryl methyl sites for hydroxylation is 1. The highest BCUT2D eigenvalue weighted by atomic mass is 16.5. The molecule has 6 nitrogen and oxygen atoms in total. The molecule has 168 valence electrons. The lowest BCUT2D eigenvalue weighted by molar-refractivity contribution is 0.0808. The Balaban J connectivity index is 1.31. The van der Waals surface area contributed by atoms with Gasteiger partial charge in [-0.2, -0.15) is 0 Å². The molecule has 3 aromatic rings. The second-order valence-corrected chi connectivity index (χ2v) is 9.18. The molecular formula is C26H32N4O2. The number of hydrogen-bond donors (Lipinski definition) is 0. The molecule has 0 radical (unpaired) electrons. The maximum Gasteiger partial charge on any atom is 0.119 e. The van der Waals surface area contributed by atoms with Gasteiger partial charge in [0.15, 0.2) is 0 Å². The number of nitrogens with zero attached hydrogens (tertiary/aromatic N) is 4. The summed E-state index contributed by atoms with van der Waals surface area (Å²) in [6, 6.07) is 14.4. The first-order chi connectivity index (χ1) is 15.7. The minimum absolute atomic E-state index is 0.301. The van der Waals surface area contributed by atoms with E-state index in [1.54, 1.807) is 7.11 Å². The monoisotopic (exact) mass is 432 g/mol. The first kappa shape index (κ1) is 21.2. The lowest BCUT2D eigenvalue weighted by Gasteiger charge is -2.33. The highest BCUT2D eigenvalue weighted by molar-refractivity contribution is 5.29. The van der Waals surface area contributed by atoms with Crippen molar-refractivity contribution >= 4 is 0 Å². The molecule has 1 aliphatic heterocycles. The van der Waals surface area contributed by atoms with Crippen LogP contribution in [0.1, 0.15) is 47.1 Å². The number of pyridine rings is 1. The summed E-state index contributed by atoms with van der Waals surface area (Å²) in [5.74, 6) is 2.02. The van der Waals surface area contributed by atoms with Gasteiger partial charge >= 0.3 is 0 Å². The Morgan fingerprint density at radius 3 is 2.81 bits per heavy atom. The lowest BCUT2D eigenvalue weighted by atomic mass is 9.98. The highest BCUT2D eigenvalue weighted by Gasteiger charge is 2.32. The van der Waals surface area contributed by atoms with E-state index in [0.717, 1.165) is 49.2 Å². The molecule has 2 aliphatic rings. The largest absolute Gasteiger partial charge is 0.497 e. The normalized spacial score (nSPS) is 18.5. The van der Waals surface area contributed by atoms with Gasteiger partial charge in [-0.25, -0.2) is 4.98 Å². The molecular weight excluding hydrogens is 400 g/mol. The third kappa shape index (κ3) is 5.03. The van der Waals surface area contributed by atoms with Gasteiger partial charge in [0.2, 0.25) is 0 Å². The van der Waals surface area contributed by atoms with Gasteiger partial charge in [-0.05, 0) is 55.5 Å². The molecule has 1 fully saturated rings. The van der Waals surface area contributed by atoms with Crippen molar-refractivity contribution in [3.63, 3.8) is 0 Å². The van der Waals surface area contributed by atoms with Crippen LogP contribution in [0.2, 0.25) is 0 Å². The number of hydrogen-bond acceptors (Lipinski definition) is 5. The molecule has 0 N–H and O–H groups in total. The fraction of sp³-hybridized carbons (Fsp3) is 0.462. The van der Waals surface area contributed by atoms with E-state index in [0.29, 0.717) is 19.1 Å². The van der Waals surface area contributed by atoms with Crippen LogP contribution >= 0.6 is 0 Å². The first-order valence-corrected chi connectivity index (χ1v) is 11.6. The van der Waals surface area contributed by atoms with E-state index in [9.17, 15) is 0 Å². The number of benzene rings is 1. The van der Waals surface area contributed by atoms with Crippen LogP contribution in [0.5, 0.6) is 5.75 Å². The van der Waals surface area contributed by atoms with Gasteiger partial charge < -0.3 is 14.0 Å². The lowest BCUT2D eigenvalue weighted by Crippen LogP contribution is -2.36. The molecule has 32 heavy (non-hydrogen) atoms. The molecule has 0 saturated heterocycles. The molecule has 0 bridgehead atoms. The third-order valence-electron chi connectivity index (χ3n) is 6.40. The van der Waals surface area contributed by atoms with Gasteiger partial charge in [-0.3, -0.25) is 9.88 Å². The summed E-state index contributed by atoms with van der Waals surface area (Å²) in [7, 11) is 1.72. The van der Waals surface area contributed by atoms with E-state index in [4.69, 9.17) is 14.5 Å². The Hall–Kier alpha value is -2.70. The van der Waals surface area contributed by atoms with Crippen molar-refractivity contribution in [1.82, 2.24) is 19.4 Å². The van der Waals surface area contributed by atoms with Gasteiger partial charge in [0.1, 0.15) is 5.75 Å². The highest BCUT2D eigenvalue weighted by Crippen LogP contribution is 2.35. The molecule has 0 amide bonds. The van der Waals surface area contributed by atoms with Crippen LogP contribution in [0.3, 0.4) is 0 Å². The predicted molar refractivity (Wildman–Crippen MR) is 123 cm³/mol. The van der Waals surface area contributed by atoms with Crippen molar-refractivity contribution in [3.05, 3.63) is 77.1 Å². The maximum atomic E-state index is 6.20. The summed E-state index contributed by atoms with van der Waals surface area (Å²) in [6.07, 6.45) is 4.73. The molecule has 1 saturated carbocycles. The summed E-state index contributed by atoms with van der Waals surface area (Å²) in [5, 5.41) is 0. The quantitative estimate of drug-likeness (QED) is 0.504. The standard InChI is InChI=1S/C26H32N4O2/c1-19-5-3-7-23(28-19)17-32-16-22-14-29(12-21-6-4-8-24(11-21)31-2)15-25-26(22)30(18-27-25)13-20-9-10-20/h3-8,11,18,20,22H,9-10,12-17H2,1-2H3. The molecule has 1 aliphatic carbocycles. The first-order valence-electron chi connectivity index (χ1n) is 11.6. The van der Waals surface area contributed by atoms with Gasteiger partial charge in [0, 0.05) is 43.5 Å². The van der Waals surface area contributed by atoms with Crippen molar-refractivity contribution in [2.24, 2.45) is 5.92 Å². The van der Waals surface area contributed by atoms with Crippen molar-refractivity contribution in [3.8, 4) is 5.75 Å². The summed E-state index contributed by atoms with van der Waals surface area (Å²) >= 11 is 0. The second kappa shape index (κ2) is 9.43. The SMILES string of the molecule is COc1cccc(CN2Cc3ncn(CC4CC4)c3C(COCc3cccc(C)n3)C2)c1. The van der Waals surface area contributed by atoms with Crippen LogP contribution in [0.25, 0.3) is 0 Å². The number of fused-ring (bicyclic) bond motifs is 1. The fourth-order valence-corrected chi connectivity index (χ4v) is 4.69. The Morgan fingerprint density at radius 1 is 1.12 bits per heavy atom. The maximum absolute atomic E-state index is 6.20. The van der Waals surface area contributed by atoms with E-state index < -0.39 is 0 Å². The van der Waals surface area contributed by atoms with E-state index in [-0.39, 0.29) is 0 Å². The van der Waals surface area contributed by atoms with Crippen molar-refractivity contribution in [2.45, 2.75) is 51.9 Å². The van der Waals surface area contributed by atoms with E-state index in [1.807, 2.05) is 37.5 Å². The average Bonchev–Trinajstić information content (AvgIpc) is 3.52. The Morgan fingerprint density at radius 2 is 2.00 bits per heavy atom. The zero-order valence-electron chi connectivity index (χ0n) is 19.0. The van der Waals surface area contributed by atoms with Crippen LogP contribution in [-0.2, 0) is 31.0 Å². The van der Waals surface area contributed by atoms with Gasteiger partial charge in [-0.1, -0.05) is 18.2 Å². The smallest absolute Gasteiger partial charge is 0.119 e. The second-order valence-electron chi connectivity index (χ2n) is 9.18. The molecule has 1 unspecified atom stereocenters. The number of aromatic nitrogens is 3. The van der Waals surface area contributed by atoms with Crippen molar-refractivity contribution < 1.29 is 9.47 Å². The molecule has 3 heterocycles. The zero-order valence-corrected chi connectivity index (χ0v) is 19.0. The van der Waals surface area contributed by atoms with Crippen LogP contribution in [-0.4, -0.2) is 39.7 Å². The van der Waals surface area contributed by atoms with Crippen molar-refractivity contribution in [1.29, 1.82) is 0 Å². The molecule has 0 spiro atoms. The topological polar surface area (TPSA) is 52.4 Å². The van der Waals surface area contributed by atoms with Crippen LogP contribution in [0.4, 0.5) is 0 Å². The van der Waals surface area contributed by atoms with Crippen molar-refractivity contribution in [2.75, 3.05) is 20.3 Å². The van der Waals surface area contributed by atoms with E-state index in [2.05, 4.69) is 32.7 Å². The average molecular weight is 433 g/mol. The van der Waals surface area contributed by atoms with Crippen LogP contribution in [0, 0.1) is 12.8 Å². The van der Waals surface area contributed by atoms with Crippen LogP contribution < -0.4 is 4.74 Å². The molecule has 2 aromatic heterocycles. The Labute approximate surface area is 190 Å². The Bertz CT molecular complexity index is 1060. The summed E-state index contributed by atoms with van der Waals surface area (Å²) < 4.78 is 14.0. The summed E-state index contributed by atoms with van der Waals surface area (Å²) in [6.45, 7) is 7.04. The van der Waals surface area contributed by atoms with E-state index in [1.165, 1.54) is 29.8 Å². The summed E-state index contributed by atoms with van der Waals surface area (Å²) in [5.41, 5.74) is 5.84. The fourth-order valence-electron chi connectivity index (χ4n) is 4.69. The number of ether oxygens (including phenoxy) is 2. The molecule has 1 aromatic carbocycles. The Kier molecular flexibility index (Phi) is 6.23. The molecule has 5 rings (SSSR count). The van der Waals surface area contributed by atoms with Gasteiger partial charge in [0.25, 0.3) is 0 Å². The zero-order chi connectivity index (χ0) is 21.9. The molecule has 6 heteroatoms. The molecule has 1 atom stereocenters. The predicted octanol–water partition coefficient (Wildman–Crippen LogP) is 4.32. The number of rotatable bonds is 9. The van der Waals surface area contributed by atoms with E-state index >= 15 is 0 Å². The number of imidazole rings is 1. The third-order valence-corrected chi connectivity index (χ3v) is 6.40. The minimum Gasteiger partial charge on any atom is -0.497 e. The summed E-state index contributed by atoms with van der Waals surface area (Å²) in [4.78, 5) is 11.9. The number of methoxy groups -OCH3 is 1. The van der Waals surface area contributed by atoms with Crippen LogP contribution in [0.15, 0.2) is 48.8 Å². The van der Waals surface area contributed by atoms with Gasteiger partial charge in [-0.15, -0.1) is 0 Å². The minimum atomic E-state index is 0.301. The van der Waals surface area contributed by atoms with Gasteiger partial charge in [0.05, 0.1) is 38.0 Å².